The highest BCUT2D eigenvalue weighted by Crippen LogP contribution is 2.44. The summed E-state index contributed by atoms with van der Waals surface area (Å²) in [5, 5.41) is 14.1. The van der Waals surface area contributed by atoms with E-state index in [1.807, 2.05) is 6.92 Å². The molecule has 2 aromatic heterocycles. The molecule has 0 spiro atoms. The Hall–Kier alpha value is -2.41. The van der Waals surface area contributed by atoms with Gasteiger partial charge in [-0.2, -0.15) is 0 Å². The van der Waals surface area contributed by atoms with Crippen LogP contribution in [0.25, 0.3) is 0 Å². The predicted molar refractivity (Wildman–Crippen MR) is 91.3 cm³/mol. The highest BCUT2D eigenvalue weighted by molar-refractivity contribution is 5.77. The number of aromatic amines is 1. The maximum Gasteiger partial charge on any atom is 0.312 e. The molecule has 0 fully saturated rings. The smallest absolute Gasteiger partial charge is 0.312 e. The topological polar surface area (TPSA) is 97.2 Å². The van der Waals surface area contributed by atoms with E-state index in [0.717, 1.165) is 5.56 Å². The first-order chi connectivity index (χ1) is 11.9. The standard InChI is InChI=1S/C18H23N3O4/c1-4-21-16(22)14-12(20-21)10-18(3,24)15(17(23)25-5-2)13(14)11-6-8-19-9-7-11/h6-9,13,15,20,24H,4-5,10H2,1-3H3/t13-,15-,18+/m1/s1. The first-order valence-corrected chi connectivity index (χ1v) is 8.51. The molecule has 7 nitrogen and oxygen atoms in total. The number of nitrogens with zero attached hydrogens (tertiary/aromatic N) is 2. The summed E-state index contributed by atoms with van der Waals surface area (Å²) in [6.07, 6.45) is 3.42. The number of ether oxygens (including phenoxy) is 1. The minimum Gasteiger partial charge on any atom is -0.466 e. The van der Waals surface area contributed by atoms with Crippen LogP contribution in [0.1, 0.15) is 43.5 Å². The molecule has 0 saturated heterocycles. The van der Waals surface area contributed by atoms with Crippen LogP contribution in [0.2, 0.25) is 0 Å². The lowest BCUT2D eigenvalue weighted by Gasteiger charge is -2.40. The minimum atomic E-state index is -1.34. The highest BCUT2D eigenvalue weighted by Gasteiger charge is 2.51. The average Bonchev–Trinajstić information content (AvgIpc) is 2.88. The predicted octanol–water partition coefficient (Wildman–Crippen LogP) is 1.21. The van der Waals surface area contributed by atoms with Crippen molar-refractivity contribution in [3.05, 3.63) is 51.7 Å². The van der Waals surface area contributed by atoms with E-state index < -0.39 is 23.4 Å². The van der Waals surface area contributed by atoms with Crippen molar-refractivity contribution in [2.45, 2.75) is 45.3 Å². The summed E-state index contributed by atoms with van der Waals surface area (Å²) in [7, 11) is 0. The number of carbonyl (C=O) groups is 1. The molecule has 134 valence electrons. The Balaban J connectivity index is 2.24. The van der Waals surface area contributed by atoms with Crippen LogP contribution >= 0.6 is 0 Å². The van der Waals surface area contributed by atoms with Gasteiger partial charge >= 0.3 is 5.97 Å². The second-order valence-corrected chi connectivity index (χ2v) is 6.58. The zero-order valence-corrected chi connectivity index (χ0v) is 14.7. The number of hydrogen-bond donors (Lipinski definition) is 2. The van der Waals surface area contributed by atoms with Crippen LogP contribution in [-0.4, -0.2) is 38.0 Å². The molecule has 7 heteroatoms. The zero-order valence-electron chi connectivity index (χ0n) is 14.7. The van der Waals surface area contributed by atoms with Gasteiger partial charge in [0.25, 0.3) is 5.56 Å². The molecule has 0 aromatic carbocycles. The third kappa shape index (κ3) is 2.89. The number of fused-ring (bicyclic) bond motifs is 1. The van der Waals surface area contributed by atoms with Gasteiger partial charge in [0.15, 0.2) is 0 Å². The van der Waals surface area contributed by atoms with Crippen molar-refractivity contribution >= 4 is 5.97 Å². The van der Waals surface area contributed by atoms with Gasteiger partial charge in [0.05, 0.1) is 18.1 Å². The molecule has 2 heterocycles. The number of nitrogens with one attached hydrogen (secondary N) is 1. The van der Waals surface area contributed by atoms with Crippen LogP contribution in [0.3, 0.4) is 0 Å². The number of aromatic nitrogens is 3. The SMILES string of the molecule is CCOC(=O)[C@H]1[C@H](c2ccncc2)c2c([nH]n(CC)c2=O)C[C@]1(C)O. The lowest BCUT2D eigenvalue weighted by Crippen LogP contribution is -2.50. The summed E-state index contributed by atoms with van der Waals surface area (Å²) in [5.41, 5.74) is 0.449. The molecule has 25 heavy (non-hydrogen) atoms. The van der Waals surface area contributed by atoms with Gasteiger partial charge in [0, 0.05) is 42.5 Å². The van der Waals surface area contributed by atoms with E-state index in [1.165, 1.54) is 4.68 Å². The number of aryl methyl sites for hydroxylation is 1. The van der Waals surface area contributed by atoms with Crippen molar-refractivity contribution in [1.82, 2.24) is 14.8 Å². The van der Waals surface area contributed by atoms with Gasteiger partial charge in [-0.05, 0) is 38.5 Å². The third-order valence-electron chi connectivity index (χ3n) is 4.84. The summed E-state index contributed by atoms with van der Waals surface area (Å²) < 4.78 is 6.73. The van der Waals surface area contributed by atoms with Gasteiger partial charge in [-0.3, -0.25) is 24.4 Å². The molecule has 0 saturated carbocycles. The molecule has 2 N–H and O–H groups in total. The van der Waals surface area contributed by atoms with E-state index in [1.54, 1.807) is 38.4 Å². The van der Waals surface area contributed by atoms with Gasteiger partial charge < -0.3 is 9.84 Å². The Kier molecular flexibility index (Phi) is 4.51. The first kappa shape index (κ1) is 17.4. The lowest BCUT2D eigenvalue weighted by atomic mass is 9.66. The van der Waals surface area contributed by atoms with Crippen LogP contribution in [0, 0.1) is 5.92 Å². The molecule has 0 amide bonds. The van der Waals surface area contributed by atoms with Crippen molar-refractivity contribution < 1.29 is 14.6 Å². The fraction of sp³-hybridized carbons (Fsp3) is 0.500. The van der Waals surface area contributed by atoms with E-state index >= 15 is 0 Å². The molecule has 1 aliphatic carbocycles. The fourth-order valence-electron chi connectivity index (χ4n) is 3.77. The second kappa shape index (κ2) is 6.48. The summed E-state index contributed by atoms with van der Waals surface area (Å²) in [4.78, 5) is 29.5. The van der Waals surface area contributed by atoms with E-state index in [9.17, 15) is 14.7 Å². The van der Waals surface area contributed by atoms with E-state index in [-0.39, 0.29) is 18.6 Å². The second-order valence-electron chi connectivity index (χ2n) is 6.58. The number of rotatable bonds is 4. The molecular formula is C18H23N3O4. The first-order valence-electron chi connectivity index (χ1n) is 8.51. The number of pyridine rings is 1. The maximum atomic E-state index is 12.8. The molecular weight excluding hydrogens is 322 g/mol. The quantitative estimate of drug-likeness (QED) is 0.812. The highest BCUT2D eigenvalue weighted by atomic mass is 16.5. The number of carbonyl (C=O) groups excluding carboxylic acids is 1. The van der Waals surface area contributed by atoms with Crippen LogP contribution in [0.4, 0.5) is 0 Å². The molecule has 3 rings (SSSR count). The van der Waals surface area contributed by atoms with Crippen LogP contribution in [0.15, 0.2) is 29.3 Å². The number of H-pyrrole nitrogens is 1. The Morgan fingerprint density at radius 1 is 1.44 bits per heavy atom. The van der Waals surface area contributed by atoms with E-state index in [2.05, 4.69) is 10.1 Å². The molecule has 0 unspecified atom stereocenters. The largest absolute Gasteiger partial charge is 0.466 e. The third-order valence-corrected chi connectivity index (χ3v) is 4.84. The molecule has 2 aromatic rings. The lowest BCUT2D eigenvalue weighted by molar-refractivity contribution is -0.159. The summed E-state index contributed by atoms with van der Waals surface area (Å²) in [5.74, 6) is -1.95. The molecule has 1 aliphatic rings. The Morgan fingerprint density at radius 3 is 2.72 bits per heavy atom. The maximum absolute atomic E-state index is 12.8. The van der Waals surface area contributed by atoms with Crippen molar-refractivity contribution in [1.29, 1.82) is 0 Å². The van der Waals surface area contributed by atoms with Crippen molar-refractivity contribution in [3.63, 3.8) is 0 Å². The molecule has 0 bridgehead atoms. The molecule has 3 atom stereocenters. The number of hydrogen-bond acceptors (Lipinski definition) is 5. The van der Waals surface area contributed by atoms with Crippen molar-refractivity contribution in [3.8, 4) is 0 Å². The van der Waals surface area contributed by atoms with E-state index in [0.29, 0.717) is 17.8 Å². The van der Waals surface area contributed by atoms with E-state index in [4.69, 9.17) is 4.74 Å². The summed E-state index contributed by atoms with van der Waals surface area (Å²) in [6, 6.07) is 3.54. The van der Waals surface area contributed by atoms with Gasteiger partial charge in [-0.15, -0.1) is 0 Å². The Labute approximate surface area is 145 Å². The summed E-state index contributed by atoms with van der Waals surface area (Å²) >= 11 is 0. The van der Waals surface area contributed by atoms with Crippen molar-refractivity contribution in [2.24, 2.45) is 5.92 Å². The fourth-order valence-corrected chi connectivity index (χ4v) is 3.77. The number of esters is 1. The zero-order chi connectivity index (χ0) is 18.2. The van der Waals surface area contributed by atoms with Crippen LogP contribution < -0.4 is 5.56 Å². The minimum absolute atomic E-state index is 0.163. The molecule has 0 aliphatic heterocycles. The van der Waals surface area contributed by atoms with Gasteiger partial charge in [-0.25, -0.2) is 0 Å². The normalized spacial score (nSPS) is 25.4. The van der Waals surface area contributed by atoms with Gasteiger partial charge in [-0.1, -0.05) is 0 Å². The monoisotopic (exact) mass is 345 g/mol. The van der Waals surface area contributed by atoms with Crippen LogP contribution in [-0.2, 0) is 22.5 Å². The van der Waals surface area contributed by atoms with Gasteiger partial charge in [0.1, 0.15) is 0 Å². The van der Waals surface area contributed by atoms with Crippen molar-refractivity contribution in [2.75, 3.05) is 6.61 Å². The van der Waals surface area contributed by atoms with Gasteiger partial charge in [0.2, 0.25) is 0 Å². The van der Waals surface area contributed by atoms with Crippen LogP contribution in [0.5, 0.6) is 0 Å². The Bertz CT molecular complexity index is 823. The Morgan fingerprint density at radius 2 is 2.12 bits per heavy atom. The molecule has 0 radical (unpaired) electrons. The average molecular weight is 345 g/mol. The number of aliphatic hydroxyl groups is 1. The summed E-state index contributed by atoms with van der Waals surface area (Å²) in [6.45, 7) is 5.91.